The summed E-state index contributed by atoms with van der Waals surface area (Å²) in [6.07, 6.45) is 11.9. The lowest BCUT2D eigenvalue weighted by Crippen LogP contribution is -2.25. The summed E-state index contributed by atoms with van der Waals surface area (Å²) in [6, 6.07) is 0. The van der Waals surface area contributed by atoms with Gasteiger partial charge >= 0.3 is 0 Å². The Morgan fingerprint density at radius 2 is 1.27 bits per heavy atom. The van der Waals surface area contributed by atoms with Gasteiger partial charge in [-0.2, -0.15) is 0 Å². The quantitative estimate of drug-likeness (QED) is 0.344. The second kappa shape index (κ2) is 15.8. The molecule has 0 rings (SSSR count). The van der Waals surface area contributed by atoms with E-state index in [1.54, 1.807) is 7.11 Å². The maximum absolute atomic E-state index is 5.89. The van der Waals surface area contributed by atoms with Crippen LogP contribution in [0.5, 0.6) is 0 Å². The smallest absolute Gasteiger partial charge is 0.0701 e. The summed E-state index contributed by atoms with van der Waals surface area (Å²) in [6.45, 7) is 10.5. The van der Waals surface area contributed by atoms with Crippen molar-refractivity contribution in [3.8, 4) is 0 Å². The second-order valence-electron chi connectivity index (χ2n) is 6.74. The maximum Gasteiger partial charge on any atom is 0.0701 e. The maximum atomic E-state index is 5.89. The minimum atomic E-state index is 0.342. The molecular weight excluding hydrogens is 276 g/mol. The van der Waals surface area contributed by atoms with Gasteiger partial charge in [0.15, 0.2) is 0 Å². The first-order valence-corrected chi connectivity index (χ1v) is 9.33. The predicted molar refractivity (Wildman–Crippen MR) is 94.5 cm³/mol. The molecule has 22 heavy (non-hydrogen) atoms. The first-order valence-electron chi connectivity index (χ1n) is 9.33. The van der Waals surface area contributed by atoms with E-state index in [4.69, 9.17) is 14.2 Å². The molecule has 0 fully saturated rings. The van der Waals surface area contributed by atoms with E-state index < -0.39 is 0 Å². The van der Waals surface area contributed by atoms with Crippen LogP contribution in [-0.4, -0.2) is 40.1 Å². The van der Waals surface area contributed by atoms with Crippen LogP contribution >= 0.6 is 0 Å². The summed E-state index contributed by atoms with van der Waals surface area (Å²) < 4.78 is 16.3. The highest BCUT2D eigenvalue weighted by Gasteiger charge is 2.23. The van der Waals surface area contributed by atoms with Crippen molar-refractivity contribution in [2.45, 2.75) is 78.6 Å². The van der Waals surface area contributed by atoms with Gasteiger partial charge in [0.25, 0.3) is 0 Å². The van der Waals surface area contributed by atoms with Crippen LogP contribution in [0.15, 0.2) is 0 Å². The van der Waals surface area contributed by atoms with Gasteiger partial charge in [0, 0.05) is 7.11 Å². The van der Waals surface area contributed by atoms with E-state index in [2.05, 4.69) is 20.8 Å². The summed E-state index contributed by atoms with van der Waals surface area (Å²) in [7, 11) is 1.69. The molecule has 0 aliphatic heterocycles. The lowest BCUT2D eigenvalue weighted by atomic mass is 9.80. The Bertz CT molecular complexity index is 221. The summed E-state index contributed by atoms with van der Waals surface area (Å²) in [5, 5.41) is 0. The average molecular weight is 317 g/mol. The molecule has 0 aliphatic rings. The van der Waals surface area contributed by atoms with E-state index in [0.717, 1.165) is 6.61 Å². The number of ether oxygens (including phenoxy) is 3. The lowest BCUT2D eigenvalue weighted by Gasteiger charge is -2.29. The molecule has 1 unspecified atom stereocenters. The van der Waals surface area contributed by atoms with E-state index in [-0.39, 0.29) is 0 Å². The van der Waals surface area contributed by atoms with Crippen LogP contribution in [-0.2, 0) is 14.2 Å². The van der Waals surface area contributed by atoms with Gasteiger partial charge in [-0.25, -0.2) is 0 Å². The summed E-state index contributed by atoms with van der Waals surface area (Å²) in [5.74, 6) is 0. The van der Waals surface area contributed by atoms with E-state index in [9.17, 15) is 0 Å². The number of rotatable bonds is 17. The fraction of sp³-hybridized carbons (Fsp3) is 1.00. The third-order valence-corrected chi connectivity index (χ3v) is 4.27. The van der Waals surface area contributed by atoms with Gasteiger partial charge in [-0.1, -0.05) is 65.7 Å². The van der Waals surface area contributed by atoms with E-state index >= 15 is 0 Å². The highest BCUT2D eigenvalue weighted by molar-refractivity contribution is 4.74. The van der Waals surface area contributed by atoms with E-state index in [1.807, 2.05) is 0 Å². The molecule has 0 spiro atoms. The predicted octanol–water partition coefficient (Wildman–Crippen LogP) is 5.22. The topological polar surface area (TPSA) is 27.7 Å². The summed E-state index contributed by atoms with van der Waals surface area (Å²) >= 11 is 0. The molecule has 134 valence electrons. The number of hydrogen-bond acceptors (Lipinski definition) is 3. The molecular formula is C19H40O3. The van der Waals surface area contributed by atoms with Gasteiger partial charge in [0.1, 0.15) is 0 Å². The standard InChI is InChI=1S/C19H40O3/c1-5-7-9-10-11-13-19(3,12-8-6-2)18-22-17-16-21-15-14-20-4/h5-18H2,1-4H3. The third kappa shape index (κ3) is 13.5. The molecule has 0 amide bonds. The SMILES string of the molecule is CCCCCCCC(C)(CCCC)COCCOCCOC. The monoisotopic (exact) mass is 316 g/mol. The average Bonchev–Trinajstić information content (AvgIpc) is 2.52. The van der Waals surface area contributed by atoms with Crippen LogP contribution in [0.3, 0.4) is 0 Å². The van der Waals surface area contributed by atoms with Crippen molar-refractivity contribution in [1.82, 2.24) is 0 Å². The van der Waals surface area contributed by atoms with Gasteiger partial charge < -0.3 is 14.2 Å². The highest BCUT2D eigenvalue weighted by Crippen LogP contribution is 2.31. The number of hydrogen-bond donors (Lipinski definition) is 0. The summed E-state index contributed by atoms with van der Waals surface area (Å²) in [4.78, 5) is 0. The molecule has 0 N–H and O–H groups in total. The molecule has 0 aromatic rings. The Morgan fingerprint density at radius 1 is 0.682 bits per heavy atom. The van der Waals surface area contributed by atoms with Crippen molar-refractivity contribution in [2.24, 2.45) is 5.41 Å². The molecule has 1 atom stereocenters. The fourth-order valence-corrected chi connectivity index (χ4v) is 2.71. The van der Waals surface area contributed by atoms with Gasteiger partial charge in [-0.15, -0.1) is 0 Å². The van der Waals surface area contributed by atoms with Crippen molar-refractivity contribution >= 4 is 0 Å². The van der Waals surface area contributed by atoms with Gasteiger partial charge in [-0.3, -0.25) is 0 Å². The van der Waals surface area contributed by atoms with Crippen LogP contribution < -0.4 is 0 Å². The van der Waals surface area contributed by atoms with Gasteiger partial charge in [0.05, 0.1) is 33.0 Å². The van der Waals surface area contributed by atoms with E-state index in [0.29, 0.717) is 31.8 Å². The van der Waals surface area contributed by atoms with Crippen LogP contribution in [0, 0.1) is 5.41 Å². The fourth-order valence-electron chi connectivity index (χ4n) is 2.71. The zero-order chi connectivity index (χ0) is 16.5. The minimum absolute atomic E-state index is 0.342. The number of methoxy groups -OCH3 is 1. The highest BCUT2D eigenvalue weighted by atomic mass is 16.5. The van der Waals surface area contributed by atoms with Crippen molar-refractivity contribution in [2.75, 3.05) is 40.1 Å². The molecule has 0 heterocycles. The Morgan fingerprint density at radius 3 is 1.95 bits per heavy atom. The Labute approximate surface area is 139 Å². The second-order valence-corrected chi connectivity index (χ2v) is 6.74. The summed E-state index contributed by atoms with van der Waals surface area (Å²) in [5.41, 5.74) is 0.342. The molecule has 0 aromatic carbocycles. The van der Waals surface area contributed by atoms with Crippen molar-refractivity contribution < 1.29 is 14.2 Å². The van der Waals surface area contributed by atoms with E-state index in [1.165, 1.54) is 57.8 Å². The first-order chi connectivity index (χ1) is 10.7. The molecule has 0 aromatic heterocycles. The van der Waals surface area contributed by atoms with Crippen LogP contribution in [0.1, 0.15) is 78.6 Å². The molecule has 0 radical (unpaired) electrons. The largest absolute Gasteiger partial charge is 0.382 e. The molecule has 0 saturated heterocycles. The van der Waals surface area contributed by atoms with Crippen LogP contribution in [0.4, 0.5) is 0 Å². The van der Waals surface area contributed by atoms with Crippen LogP contribution in [0.2, 0.25) is 0 Å². The molecule has 0 bridgehead atoms. The van der Waals surface area contributed by atoms with Gasteiger partial charge in [-0.05, 0) is 18.3 Å². The van der Waals surface area contributed by atoms with Crippen molar-refractivity contribution in [3.05, 3.63) is 0 Å². The van der Waals surface area contributed by atoms with Gasteiger partial charge in [0.2, 0.25) is 0 Å². The zero-order valence-electron chi connectivity index (χ0n) is 15.6. The Hall–Kier alpha value is -0.120. The van der Waals surface area contributed by atoms with Crippen LogP contribution in [0.25, 0.3) is 0 Å². The third-order valence-electron chi connectivity index (χ3n) is 4.27. The molecule has 3 nitrogen and oxygen atoms in total. The zero-order valence-corrected chi connectivity index (χ0v) is 15.6. The Balaban J connectivity index is 3.83. The molecule has 0 aliphatic carbocycles. The number of unbranched alkanes of at least 4 members (excludes halogenated alkanes) is 5. The first kappa shape index (κ1) is 21.9. The Kier molecular flexibility index (Phi) is 15.7. The van der Waals surface area contributed by atoms with Crippen molar-refractivity contribution in [1.29, 1.82) is 0 Å². The van der Waals surface area contributed by atoms with Crippen molar-refractivity contribution in [3.63, 3.8) is 0 Å². The minimum Gasteiger partial charge on any atom is -0.382 e. The normalized spacial score (nSPS) is 14.2. The molecule has 3 heteroatoms. The lowest BCUT2D eigenvalue weighted by molar-refractivity contribution is -0.00674. The molecule has 0 saturated carbocycles.